The number of hydrogen-bond acceptors (Lipinski definition) is 7. The number of carbonyl (C=O) groups excluding carboxylic acids is 2. The van der Waals surface area contributed by atoms with E-state index < -0.39 is 18.5 Å². The zero-order valence-electron chi connectivity index (χ0n) is 16.6. The molecule has 1 atom stereocenters. The average molecular weight is 411 g/mol. The second kappa shape index (κ2) is 8.46. The van der Waals surface area contributed by atoms with E-state index in [4.69, 9.17) is 23.4 Å². The van der Waals surface area contributed by atoms with Gasteiger partial charge in [-0.2, -0.15) is 0 Å². The maximum Gasteiger partial charge on any atom is 0.375 e. The standard InChI is InChI=1S/C22H21NO7/c1-13(14-7-8-18-19(9-14)29-12-28-18)23-20(24)11-27-22(25)21-16(10-26-2)15-5-3-4-6-17(15)30-21/h3-9,13H,10-12H2,1-2H3,(H,23,24)/t13-/m1/s1. The highest BCUT2D eigenvalue weighted by atomic mass is 16.7. The monoisotopic (exact) mass is 411 g/mol. The van der Waals surface area contributed by atoms with Crippen LogP contribution in [0.4, 0.5) is 0 Å². The molecule has 1 aliphatic heterocycles. The number of benzene rings is 2. The fraction of sp³-hybridized carbons (Fsp3) is 0.273. The van der Waals surface area contributed by atoms with Crippen LogP contribution in [0.1, 0.15) is 34.6 Å². The Kier molecular flexibility index (Phi) is 5.58. The van der Waals surface area contributed by atoms with E-state index >= 15 is 0 Å². The highest BCUT2D eigenvalue weighted by Gasteiger charge is 2.23. The lowest BCUT2D eigenvalue weighted by Crippen LogP contribution is -2.31. The third kappa shape index (κ3) is 3.95. The maximum atomic E-state index is 12.5. The number of methoxy groups -OCH3 is 1. The van der Waals surface area contributed by atoms with Crippen molar-refractivity contribution < 1.29 is 33.0 Å². The van der Waals surface area contributed by atoms with Crippen molar-refractivity contribution in [3.05, 3.63) is 59.4 Å². The van der Waals surface area contributed by atoms with Crippen molar-refractivity contribution in [1.29, 1.82) is 0 Å². The van der Waals surface area contributed by atoms with E-state index in [1.54, 1.807) is 12.1 Å². The molecular formula is C22H21NO7. The number of rotatable bonds is 7. The van der Waals surface area contributed by atoms with Gasteiger partial charge in [-0.25, -0.2) is 4.79 Å². The second-order valence-electron chi connectivity index (χ2n) is 6.82. The van der Waals surface area contributed by atoms with Crippen LogP contribution >= 0.6 is 0 Å². The van der Waals surface area contributed by atoms with Gasteiger partial charge in [0.05, 0.1) is 12.6 Å². The molecular weight excluding hydrogens is 390 g/mol. The van der Waals surface area contributed by atoms with E-state index in [1.807, 2.05) is 37.3 Å². The Morgan fingerprint density at radius 2 is 1.93 bits per heavy atom. The van der Waals surface area contributed by atoms with Crippen LogP contribution in [-0.2, 0) is 20.9 Å². The number of hydrogen-bond donors (Lipinski definition) is 1. The number of ether oxygens (including phenoxy) is 4. The summed E-state index contributed by atoms with van der Waals surface area (Å²) in [5, 5.41) is 3.56. The van der Waals surface area contributed by atoms with Gasteiger partial charge in [-0.1, -0.05) is 24.3 Å². The minimum Gasteiger partial charge on any atom is -0.454 e. The number of furan rings is 1. The van der Waals surface area contributed by atoms with E-state index in [0.29, 0.717) is 22.6 Å². The van der Waals surface area contributed by atoms with Crippen molar-refractivity contribution in [2.24, 2.45) is 0 Å². The molecule has 2 heterocycles. The van der Waals surface area contributed by atoms with Crippen LogP contribution < -0.4 is 14.8 Å². The maximum absolute atomic E-state index is 12.5. The van der Waals surface area contributed by atoms with E-state index in [2.05, 4.69) is 5.32 Å². The zero-order chi connectivity index (χ0) is 21.1. The van der Waals surface area contributed by atoms with Crippen LogP contribution in [0.25, 0.3) is 11.0 Å². The van der Waals surface area contributed by atoms with Crippen molar-refractivity contribution in [2.45, 2.75) is 19.6 Å². The van der Waals surface area contributed by atoms with Crippen LogP contribution in [-0.4, -0.2) is 32.4 Å². The Morgan fingerprint density at radius 1 is 1.13 bits per heavy atom. The molecule has 1 aliphatic rings. The van der Waals surface area contributed by atoms with Gasteiger partial charge in [0.25, 0.3) is 5.91 Å². The van der Waals surface area contributed by atoms with Gasteiger partial charge in [0, 0.05) is 18.1 Å². The second-order valence-corrected chi connectivity index (χ2v) is 6.82. The number of fused-ring (bicyclic) bond motifs is 2. The lowest BCUT2D eigenvalue weighted by Gasteiger charge is -2.15. The molecule has 8 nitrogen and oxygen atoms in total. The first-order valence-corrected chi connectivity index (χ1v) is 9.42. The number of carbonyl (C=O) groups is 2. The lowest BCUT2D eigenvalue weighted by molar-refractivity contribution is -0.124. The highest BCUT2D eigenvalue weighted by molar-refractivity contribution is 5.96. The summed E-state index contributed by atoms with van der Waals surface area (Å²) >= 11 is 0. The van der Waals surface area contributed by atoms with E-state index in [9.17, 15) is 9.59 Å². The Balaban J connectivity index is 1.38. The molecule has 0 aliphatic carbocycles. The van der Waals surface area contributed by atoms with Crippen LogP contribution in [0.5, 0.6) is 11.5 Å². The Bertz CT molecular complexity index is 1090. The van der Waals surface area contributed by atoms with Gasteiger partial charge in [0.1, 0.15) is 5.58 Å². The Hall–Kier alpha value is -3.52. The molecule has 156 valence electrons. The largest absolute Gasteiger partial charge is 0.454 e. The molecule has 0 unspecified atom stereocenters. The zero-order valence-corrected chi connectivity index (χ0v) is 16.6. The average Bonchev–Trinajstić information content (AvgIpc) is 3.36. The molecule has 0 saturated carbocycles. The molecule has 0 fully saturated rings. The number of amides is 1. The number of para-hydroxylation sites is 1. The molecule has 0 bridgehead atoms. The van der Waals surface area contributed by atoms with Crippen LogP contribution in [0.15, 0.2) is 46.9 Å². The van der Waals surface area contributed by atoms with Gasteiger partial charge < -0.3 is 28.7 Å². The minimum atomic E-state index is -0.718. The fourth-order valence-electron chi connectivity index (χ4n) is 3.30. The Morgan fingerprint density at radius 3 is 2.77 bits per heavy atom. The van der Waals surface area contributed by atoms with Gasteiger partial charge >= 0.3 is 5.97 Å². The predicted octanol–water partition coefficient (Wildman–Crippen LogP) is 3.34. The predicted molar refractivity (Wildman–Crippen MR) is 106 cm³/mol. The molecule has 2 aromatic carbocycles. The number of nitrogens with one attached hydrogen (secondary N) is 1. The van der Waals surface area contributed by atoms with Crippen molar-refractivity contribution >= 4 is 22.8 Å². The van der Waals surface area contributed by atoms with E-state index in [1.165, 1.54) is 7.11 Å². The molecule has 1 aromatic heterocycles. The molecule has 30 heavy (non-hydrogen) atoms. The fourth-order valence-corrected chi connectivity index (χ4v) is 3.30. The summed E-state index contributed by atoms with van der Waals surface area (Å²) in [5.41, 5.74) is 1.99. The SMILES string of the molecule is COCc1c(C(=O)OCC(=O)N[C@H](C)c2ccc3c(c2)OCO3)oc2ccccc12. The molecule has 0 radical (unpaired) electrons. The van der Waals surface area contributed by atoms with Crippen molar-refractivity contribution in [2.75, 3.05) is 20.5 Å². The van der Waals surface area contributed by atoms with Crippen LogP contribution in [0, 0.1) is 0 Å². The third-order valence-corrected chi connectivity index (χ3v) is 4.78. The van der Waals surface area contributed by atoms with Crippen molar-refractivity contribution in [1.82, 2.24) is 5.32 Å². The first kappa shape index (κ1) is 19.8. The highest BCUT2D eigenvalue weighted by Crippen LogP contribution is 2.34. The summed E-state index contributed by atoms with van der Waals surface area (Å²) in [6.07, 6.45) is 0. The van der Waals surface area contributed by atoms with Gasteiger partial charge in [-0.05, 0) is 30.7 Å². The normalized spacial score (nSPS) is 13.3. The first-order chi connectivity index (χ1) is 14.6. The van der Waals surface area contributed by atoms with Gasteiger partial charge in [-0.15, -0.1) is 0 Å². The minimum absolute atomic E-state index is 0.0367. The topological polar surface area (TPSA) is 96.2 Å². The van der Waals surface area contributed by atoms with Gasteiger partial charge in [-0.3, -0.25) is 4.79 Å². The molecule has 8 heteroatoms. The van der Waals surface area contributed by atoms with Crippen LogP contribution in [0.3, 0.4) is 0 Å². The molecule has 0 saturated heterocycles. The molecule has 1 amide bonds. The quantitative estimate of drug-likeness (QED) is 0.596. The third-order valence-electron chi connectivity index (χ3n) is 4.78. The Labute approximate surface area is 172 Å². The number of esters is 1. The van der Waals surface area contributed by atoms with E-state index in [-0.39, 0.29) is 25.2 Å². The summed E-state index contributed by atoms with van der Waals surface area (Å²) in [6, 6.07) is 12.4. The summed E-state index contributed by atoms with van der Waals surface area (Å²) in [6.45, 7) is 1.77. The molecule has 1 N–H and O–H groups in total. The summed E-state index contributed by atoms with van der Waals surface area (Å²) < 4.78 is 26.6. The van der Waals surface area contributed by atoms with Crippen LogP contribution in [0.2, 0.25) is 0 Å². The van der Waals surface area contributed by atoms with Gasteiger partial charge in [0.2, 0.25) is 12.6 Å². The molecule has 3 aromatic rings. The van der Waals surface area contributed by atoms with E-state index in [0.717, 1.165) is 10.9 Å². The summed E-state index contributed by atoms with van der Waals surface area (Å²) in [4.78, 5) is 24.8. The van der Waals surface area contributed by atoms with Crippen molar-refractivity contribution in [3.8, 4) is 11.5 Å². The molecule has 4 rings (SSSR count). The smallest absolute Gasteiger partial charge is 0.375 e. The lowest BCUT2D eigenvalue weighted by atomic mass is 10.1. The summed E-state index contributed by atoms with van der Waals surface area (Å²) in [7, 11) is 1.53. The van der Waals surface area contributed by atoms with Gasteiger partial charge in [0.15, 0.2) is 18.1 Å². The van der Waals surface area contributed by atoms with Crippen molar-refractivity contribution in [3.63, 3.8) is 0 Å². The molecule has 0 spiro atoms. The first-order valence-electron chi connectivity index (χ1n) is 9.42. The summed E-state index contributed by atoms with van der Waals surface area (Å²) in [5.74, 6) is 0.191.